The van der Waals surface area contributed by atoms with Crippen LogP contribution in [0, 0.1) is 0 Å². The van der Waals surface area contributed by atoms with Crippen molar-refractivity contribution < 1.29 is 13.9 Å². The third-order valence-corrected chi connectivity index (χ3v) is 4.91. The molecular weight excluding hydrogens is 304 g/mol. The molecule has 3 rings (SSSR count). The smallest absolute Gasteiger partial charge is 0.340 e. The normalized spacial score (nSPS) is 19.3. The summed E-state index contributed by atoms with van der Waals surface area (Å²) >= 11 is 0. The fraction of sp³-hybridized carbons (Fsp3) is 0.450. The predicted octanol–water partition coefficient (Wildman–Crippen LogP) is 3.99. The van der Waals surface area contributed by atoms with E-state index in [9.17, 15) is 4.79 Å². The van der Waals surface area contributed by atoms with E-state index in [0.717, 1.165) is 17.4 Å². The van der Waals surface area contributed by atoms with Gasteiger partial charge in [0.2, 0.25) is 0 Å². The van der Waals surface area contributed by atoms with Gasteiger partial charge >= 0.3 is 5.63 Å². The Morgan fingerprint density at radius 1 is 1.33 bits per heavy atom. The second-order valence-electron chi connectivity index (χ2n) is 7.49. The molecule has 0 bridgehead atoms. The quantitative estimate of drug-likeness (QED) is 0.473. The Kier molecular flexibility index (Phi) is 3.83. The molecule has 0 spiro atoms. The van der Waals surface area contributed by atoms with Gasteiger partial charge in [0.25, 0.3) is 0 Å². The van der Waals surface area contributed by atoms with Crippen LogP contribution in [0.1, 0.15) is 38.8 Å². The lowest BCUT2D eigenvalue weighted by atomic mass is 9.85. The summed E-state index contributed by atoms with van der Waals surface area (Å²) in [6.07, 6.45) is 2.71. The van der Waals surface area contributed by atoms with Crippen molar-refractivity contribution in [3.8, 4) is 5.75 Å². The van der Waals surface area contributed by atoms with Gasteiger partial charge in [-0.15, -0.1) is 6.58 Å². The number of allylic oxidation sites excluding steroid dienone is 1. The van der Waals surface area contributed by atoms with Gasteiger partial charge in [0.15, 0.2) is 0 Å². The van der Waals surface area contributed by atoms with Crippen LogP contribution < -0.4 is 10.4 Å². The summed E-state index contributed by atoms with van der Waals surface area (Å²) < 4.78 is 16.7. The van der Waals surface area contributed by atoms with Crippen LogP contribution in [0.2, 0.25) is 0 Å². The van der Waals surface area contributed by atoms with E-state index in [1.165, 1.54) is 0 Å². The molecule has 4 heteroatoms. The van der Waals surface area contributed by atoms with Crippen molar-refractivity contribution in [1.29, 1.82) is 0 Å². The van der Waals surface area contributed by atoms with Crippen LogP contribution in [-0.2, 0) is 16.6 Å². The molecule has 1 aromatic heterocycles. The van der Waals surface area contributed by atoms with Crippen molar-refractivity contribution in [3.05, 3.63) is 52.4 Å². The maximum absolute atomic E-state index is 12.3. The number of epoxide rings is 1. The minimum atomic E-state index is -0.448. The molecule has 0 aliphatic carbocycles. The van der Waals surface area contributed by atoms with E-state index in [1.54, 1.807) is 19.3 Å². The first-order valence-corrected chi connectivity index (χ1v) is 8.14. The highest BCUT2D eigenvalue weighted by Crippen LogP contribution is 2.40. The van der Waals surface area contributed by atoms with E-state index in [0.29, 0.717) is 16.9 Å². The maximum Gasteiger partial charge on any atom is 0.340 e. The molecule has 1 aliphatic heterocycles. The molecule has 128 valence electrons. The third kappa shape index (κ3) is 2.86. The van der Waals surface area contributed by atoms with Gasteiger partial charge in [0.05, 0.1) is 18.8 Å². The summed E-state index contributed by atoms with van der Waals surface area (Å²) in [5, 5.41) is 0.883. The third-order valence-electron chi connectivity index (χ3n) is 4.91. The molecule has 0 radical (unpaired) electrons. The zero-order valence-electron chi connectivity index (χ0n) is 14.9. The summed E-state index contributed by atoms with van der Waals surface area (Å²) in [6.45, 7) is 11.9. The van der Waals surface area contributed by atoms with Crippen LogP contribution in [0.5, 0.6) is 5.75 Å². The second kappa shape index (κ2) is 5.49. The highest BCUT2D eigenvalue weighted by atomic mass is 16.6. The van der Waals surface area contributed by atoms with Crippen molar-refractivity contribution >= 4 is 11.0 Å². The average Bonchev–Trinajstić information content (AvgIpc) is 3.12. The molecular formula is C20H24O4. The molecule has 2 heterocycles. The fourth-order valence-electron chi connectivity index (χ4n) is 2.92. The number of fused-ring (bicyclic) bond motifs is 1. The molecule has 0 saturated carbocycles. The molecule has 0 amide bonds. The topological polar surface area (TPSA) is 52.0 Å². The Labute approximate surface area is 142 Å². The Hall–Kier alpha value is -2.07. The standard InChI is InChI=1S/C20H24O4/c1-7-19(2,3)14-9-12-8-13(10-17-20(4,5)24-17)15(22-6)11-16(12)23-18(14)21/h7-9,11,17H,1,10H2,2-6H3/t17-/m1/s1. The second-order valence-corrected chi connectivity index (χ2v) is 7.49. The maximum atomic E-state index is 12.3. The van der Waals surface area contributed by atoms with Crippen molar-refractivity contribution in [1.82, 2.24) is 0 Å². The molecule has 1 aromatic carbocycles. The van der Waals surface area contributed by atoms with E-state index < -0.39 is 5.41 Å². The largest absolute Gasteiger partial charge is 0.496 e. The minimum absolute atomic E-state index is 0.0841. The number of hydrogen-bond donors (Lipinski definition) is 0. The lowest BCUT2D eigenvalue weighted by Gasteiger charge is -2.19. The summed E-state index contributed by atoms with van der Waals surface area (Å²) in [5.74, 6) is 0.715. The van der Waals surface area contributed by atoms with Gasteiger partial charge in [-0.05, 0) is 31.5 Å². The fourth-order valence-corrected chi connectivity index (χ4v) is 2.92. The Bertz CT molecular complexity index is 858. The number of ether oxygens (including phenoxy) is 2. The van der Waals surface area contributed by atoms with Crippen LogP contribution in [0.3, 0.4) is 0 Å². The van der Waals surface area contributed by atoms with E-state index >= 15 is 0 Å². The summed E-state index contributed by atoms with van der Waals surface area (Å²) in [5.41, 5.74) is 1.31. The first-order chi connectivity index (χ1) is 11.2. The molecule has 0 N–H and O–H groups in total. The van der Waals surface area contributed by atoms with Crippen LogP contribution in [0.15, 0.2) is 40.1 Å². The van der Waals surface area contributed by atoms with Crippen molar-refractivity contribution in [3.63, 3.8) is 0 Å². The molecule has 24 heavy (non-hydrogen) atoms. The van der Waals surface area contributed by atoms with Gasteiger partial charge in [-0.3, -0.25) is 0 Å². The van der Waals surface area contributed by atoms with Gasteiger partial charge < -0.3 is 13.9 Å². The predicted molar refractivity (Wildman–Crippen MR) is 94.9 cm³/mol. The summed E-state index contributed by atoms with van der Waals surface area (Å²) in [4.78, 5) is 12.3. The molecule has 1 saturated heterocycles. The highest BCUT2D eigenvalue weighted by molar-refractivity contribution is 5.80. The molecule has 2 aromatic rings. The van der Waals surface area contributed by atoms with Gasteiger partial charge in [-0.25, -0.2) is 4.79 Å². The van der Waals surface area contributed by atoms with Crippen LogP contribution in [-0.4, -0.2) is 18.8 Å². The summed E-state index contributed by atoms with van der Waals surface area (Å²) in [7, 11) is 1.62. The zero-order valence-corrected chi connectivity index (χ0v) is 14.9. The lowest BCUT2D eigenvalue weighted by molar-refractivity contribution is 0.322. The minimum Gasteiger partial charge on any atom is -0.496 e. The van der Waals surface area contributed by atoms with E-state index in [1.807, 2.05) is 26.0 Å². The molecule has 1 fully saturated rings. The molecule has 0 unspecified atom stereocenters. The first-order valence-electron chi connectivity index (χ1n) is 8.14. The Balaban J connectivity index is 2.11. The zero-order chi connectivity index (χ0) is 17.7. The first kappa shape index (κ1) is 16.8. The Morgan fingerprint density at radius 3 is 2.54 bits per heavy atom. The van der Waals surface area contributed by atoms with E-state index in [2.05, 4.69) is 20.4 Å². The lowest BCUT2D eigenvalue weighted by Crippen LogP contribution is -2.22. The van der Waals surface area contributed by atoms with Crippen molar-refractivity contribution in [2.75, 3.05) is 7.11 Å². The SMILES string of the molecule is C=CC(C)(C)c1cc2cc(C[C@H]3OC3(C)C)c(OC)cc2oc1=O. The van der Waals surface area contributed by atoms with Gasteiger partial charge in [-0.1, -0.05) is 19.9 Å². The Morgan fingerprint density at radius 2 is 2.00 bits per heavy atom. The molecule has 1 atom stereocenters. The van der Waals surface area contributed by atoms with Crippen LogP contribution in [0.25, 0.3) is 11.0 Å². The van der Waals surface area contributed by atoms with Gasteiger partial charge in [-0.2, -0.15) is 0 Å². The number of benzene rings is 1. The van der Waals surface area contributed by atoms with E-state index in [-0.39, 0.29) is 17.3 Å². The number of rotatable bonds is 5. The highest BCUT2D eigenvalue weighted by Gasteiger charge is 2.47. The average molecular weight is 328 g/mol. The molecule has 4 nitrogen and oxygen atoms in total. The van der Waals surface area contributed by atoms with Gasteiger partial charge in [0.1, 0.15) is 11.3 Å². The van der Waals surface area contributed by atoms with Crippen molar-refractivity contribution in [2.24, 2.45) is 0 Å². The molecule has 1 aliphatic rings. The van der Waals surface area contributed by atoms with Crippen molar-refractivity contribution in [2.45, 2.75) is 51.2 Å². The monoisotopic (exact) mass is 328 g/mol. The van der Waals surface area contributed by atoms with E-state index in [4.69, 9.17) is 13.9 Å². The summed E-state index contributed by atoms with van der Waals surface area (Å²) in [6, 6.07) is 5.70. The number of hydrogen-bond acceptors (Lipinski definition) is 4. The van der Waals surface area contributed by atoms with Crippen LogP contribution in [0.4, 0.5) is 0 Å². The number of methoxy groups -OCH3 is 1. The van der Waals surface area contributed by atoms with Gasteiger partial charge in [0, 0.05) is 28.9 Å². The van der Waals surface area contributed by atoms with Crippen LogP contribution >= 0.6 is 0 Å².